The molecule has 0 aliphatic carbocycles. The van der Waals surface area contributed by atoms with Crippen LogP contribution in [0.5, 0.6) is 11.5 Å². The standard InChI is InChI=1S/C30H40N2O5/c1-6-8-9-19-37-23-12-10-22(11-13-23)27-26(29(34)30(35)32(27)17-16-31(4)5)28(33)25-15-14-24(20-21(25)3)36-18-7-2/h10-15,20,27,33H,6-9,16-19H2,1-5H3. The molecule has 1 aliphatic heterocycles. The number of nitrogens with zero attached hydrogens (tertiary/aromatic N) is 2. The zero-order valence-corrected chi connectivity index (χ0v) is 22.8. The molecule has 1 N–H and O–H groups in total. The Hall–Kier alpha value is -3.32. The fourth-order valence-electron chi connectivity index (χ4n) is 4.41. The lowest BCUT2D eigenvalue weighted by molar-refractivity contribution is -0.140. The fraction of sp³-hybridized carbons (Fsp3) is 0.467. The number of benzene rings is 2. The molecule has 1 heterocycles. The number of aryl methyl sites for hydroxylation is 1. The molecule has 7 nitrogen and oxygen atoms in total. The molecular formula is C30H40N2O5. The second kappa shape index (κ2) is 13.3. The molecule has 0 bridgehead atoms. The molecule has 2 aromatic rings. The molecule has 1 saturated heterocycles. The number of ketones is 1. The van der Waals surface area contributed by atoms with Gasteiger partial charge in [-0.05, 0) is 75.3 Å². The van der Waals surface area contributed by atoms with Gasteiger partial charge >= 0.3 is 0 Å². The van der Waals surface area contributed by atoms with E-state index in [0.29, 0.717) is 37.6 Å². The summed E-state index contributed by atoms with van der Waals surface area (Å²) in [7, 11) is 3.84. The smallest absolute Gasteiger partial charge is 0.295 e. The number of carbonyl (C=O) groups excluding carboxylic acids is 2. The van der Waals surface area contributed by atoms with Crippen molar-refractivity contribution < 1.29 is 24.2 Å². The van der Waals surface area contributed by atoms with Crippen LogP contribution >= 0.6 is 0 Å². The van der Waals surface area contributed by atoms with Crippen LogP contribution in [0.1, 0.15) is 62.3 Å². The zero-order chi connectivity index (χ0) is 26.9. The van der Waals surface area contributed by atoms with Gasteiger partial charge in [0.15, 0.2) is 0 Å². The fourth-order valence-corrected chi connectivity index (χ4v) is 4.41. The number of likely N-dealkylation sites (N-methyl/N-ethyl adjacent to an activating group) is 1. The summed E-state index contributed by atoms with van der Waals surface area (Å²) in [4.78, 5) is 29.9. The molecule has 1 amide bonds. The summed E-state index contributed by atoms with van der Waals surface area (Å²) < 4.78 is 11.6. The highest BCUT2D eigenvalue weighted by Gasteiger charge is 2.46. The summed E-state index contributed by atoms with van der Waals surface area (Å²) in [5.41, 5.74) is 2.13. The summed E-state index contributed by atoms with van der Waals surface area (Å²) in [6, 6.07) is 12.1. The normalized spacial score (nSPS) is 17.0. The summed E-state index contributed by atoms with van der Waals surface area (Å²) in [5.74, 6) is -0.00661. The third kappa shape index (κ3) is 6.92. The minimum atomic E-state index is -0.690. The number of rotatable bonds is 13. The molecule has 1 atom stereocenters. The van der Waals surface area contributed by atoms with Gasteiger partial charge in [0.2, 0.25) is 0 Å². The van der Waals surface area contributed by atoms with E-state index in [2.05, 4.69) is 6.92 Å². The van der Waals surface area contributed by atoms with Gasteiger partial charge in [0.25, 0.3) is 11.7 Å². The first-order chi connectivity index (χ1) is 17.8. The molecular weight excluding hydrogens is 468 g/mol. The van der Waals surface area contributed by atoms with Gasteiger partial charge in [0.05, 0.1) is 24.8 Å². The number of likely N-dealkylation sites (tertiary alicyclic amines) is 1. The number of aliphatic hydroxyl groups excluding tert-OH is 1. The minimum absolute atomic E-state index is 0.102. The predicted molar refractivity (Wildman–Crippen MR) is 146 cm³/mol. The highest BCUT2D eigenvalue weighted by Crippen LogP contribution is 2.40. The predicted octanol–water partition coefficient (Wildman–Crippen LogP) is 5.34. The van der Waals surface area contributed by atoms with Crippen molar-refractivity contribution in [3.8, 4) is 11.5 Å². The Morgan fingerprint density at radius 3 is 2.24 bits per heavy atom. The van der Waals surface area contributed by atoms with Crippen molar-refractivity contribution >= 4 is 17.4 Å². The average Bonchev–Trinajstić information content (AvgIpc) is 3.13. The summed E-state index contributed by atoms with van der Waals surface area (Å²) in [6.45, 7) is 8.23. The van der Waals surface area contributed by atoms with Gasteiger partial charge in [-0.25, -0.2) is 0 Å². The molecule has 0 spiro atoms. The molecule has 0 radical (unpaired) electrons. The summed E-state index contributed by atoms with van der Waals surface area (Å²) in [6.07, 6.45) is 4.12. The van der Waals surface area contributed by atoms with Crippen molar-refractivity contribution in [3.05, 3.63) is 64.7 Å². The molecule has 0 aromatic heterocycles. The Kier molecular flexibility index (Phi) is 10.1. The Morgan fingerprint density at radius 1 is 0.946 bits per heavy atom. The van der Waals surface area contributed by atoms with Gasteiger partial charge < -0.3 is 24.4 Å². The number of unbranched alkanes of at least 4 members (excludes halogenated alkanes) is 2. The van der Waals surface area contributed by atoms with Crippen LogP contribution in [0.4, 0.5) is 0 Å². The highest BCUT2D eigenvalue weighted by atomic mass is 16.5. The molecule has 1 fully saturated rings. The van der Waals surface area contributed by atoms with Gasteiger partial charge in [-0.1, -0.05) is 38.8 Å². The first kappa shape index (κ1) is 28.3. The van der Waals surface area contributed by atoms with Crippen LogP contribution in [-0.4, -0.2) is 67.0 Å². The van der Waals surface area contributed by atoms with E-state index in [0.717, 1.165) is 42.6 Å². The van der Waals surface area contributed by atoms with Crippen LogP contribution in [0.15, 0.2) is 48.0 Å². The molecule has 7 heteroatoms. The number of amides is 1. The Labute approximate surface area is 220 Å². The maximum absolute atomic E-state index is 13.3. The number of carbonyl (C=O) groups is 2. The number of hydrogen-bond donors (Lipinski definition) is 1. The molecule has 1 aliphatic rings. The van der Waals surface area contributed by atoms with Crippen LogP contribution in [0.25, 0.3) is 5.76 Å². The van der Waals surface area contributed by atoms with Crippen LogP contribution in [0, 0.1) is 6.92 Å². The SMILES string of the molecule is CCCCCOc1ccc(C2C(=C(O)c3ccc(OCCC)cc3C)C(=O)C(=O)N2CCN(C)C)cc1. The summed E-state index contributed by atoms with van der Waals surface area (Å²) in [5, 5.41) is 11.4. The van der Waals surface area contributed by atoms with Crippen molar-refractivity contribution in [2.75, 3.05) is 40.4 Å². The molecule has 3 rings (SSSR count). The van der Waals surface area contributed by atoms with Crippen molar-refractivity contribution in [1.29, 1.82) is 0 Å². The van der Waals surface area contributed by atoms with E-state index in [-0.39, 0.29) is 11.3 Å². The molecule has 200 valence electrons. The molecule has 2 aromatic carbocycles. The lowest BCUT2D eigenvalue weighted by Crippen LogP contribution is -2.35. The van der Waals surface area contributed by atoms with Gasteiger partial charge in [-0.3, -0.25) is 9.59 Å². The Morgan fingerprint density at radius 2 is 1.62 bits per heavy atom. The van der Waals surface area contributed by atoms with E-state index in [9.17, 15) is 14.7 Å². The maximum atomic E-state index is 13.3. The maximum Gasteiger partial charge on any atom is 0.295 e. The molecule has 0 saturated carbocycles. The van der Waals surface area contributed by atoms with Crippen molar-refractivity contribution in [2.24, 2.45) is 0 Å². The minimum Gasteiger partial charge on any atom is -0.507 e. The lowest BCUT2D eigenvalue weighted by atomic mass is 9.94. The number of hydrogen-bond acceptors (Lipinski definition) is 6. The second-order valence-electron chi connectivity index (χ2n) is 9.75. The number of Topliss-reactive ketones (excluding diaryl/α,β-unsaturated/α-hetero) is 1. The third-order valence-electron chi connectivity index (χ3n) is 6.47. The van der Waals surface area contributed by atoms with E-state index < -0.39 is 17.7 Å². The molecule has 1 unspecified atom stereocenters. The van der Waals surface area contributed by atoms with Crippen molar-refractivity contribution in [3.63, 3.8) is 0 Å². The molecule has 37 heavy (non-hydrogen) atoms. The van der Waals surface area contributed by atoms with E-state index in [1.165, 1.54) is 0 Å². The first-order valence-corrected chi connectivity index (χ1v) is 13.2. The second-order valence-corrected chi connectivity index (χ2v) is 9.75. The van der Waals surface area contributed by atoms with E-state index >= 15 is 0 Å². The van der Waals surface area contributed by atoms with Crippen LogP contribution in [0.3, 0.4) is 0 Å². The topological polar surface area (TPSA) is 79.3 Å². The van der Waals surface area contributed by atoms with Crippen molar-refractivity contribution in [2.45, 2.75) is 52.5 Å². The van der Waals surface area contributed by atoms with Crippen molar-refractivity contribution in [1.82, 2.24) is 9.80 Å². The van der Waals surface area contributed by atoms with Gasteiger partial charge in [0, 0.05) is 18.7 Å². The lowest BCUT2D eigenvalue weighted by Gasteiger charge is -2.27. The first-order valence-electron chi connectivity index (χ1n) is 13.2. The van der Waals surface area contributed by atoms with Gasteiger partial charge in [-0.15, -0.1) is 0 Å². The number of aliphatic hydroxyl groups is 1. The largest absolute Gasteiger partial charge is 0.507 e. The summed E-state index contributed by atoms with van der Waals surface area (Å²) >= 11 is 0. The monoisotopic (exact) mass is 508 g/mol. The zero-order valence-electron chi connectivity index (χ0n) is 22.8. The van der Waals surface area contributed by atoms with E-state index in [4.69, 9.17) is 9.47 Å². The third-order valence-corrected chi connectivity index (χ3v) is 6.47. The highest BCUT2D eigenvalue weighted by molar-refractivity contribution is 6.46. The Balaban J connectivity index is 2.00. The van der Waals surface area contributed by atoms with Gasteiger partial charge in [0.1, 0.15) is 17.3 Å². The van der Waals surface area contributed by atoms with Crippen LogP contribution in [-0.2, 0) is 9.59 Å². The van der Waals surface area contributed by atoms with Crippen LogP contribution in [0.2, 0.25) is 0 Å². The quantitative estimate of drug-likeness (QED) is 0.170. The van der Waals surface area contributed by atoms with E-state index in [1.54, 1.807) is 17.0 Å². The Bertz CT molecular complexity index is 1110. The van der Waals surface area contributed by atoms with Gasteiger partial charge in [-0.2, -0.15) is 0 Å². The van der Waals surface area contributed by atoms with Crippen LogP contribution < -0.4 is 9.47 Å². The average molecular weight is 509 g/mol. The number of ether oxygens (including phenoxy) is 2. The van der Waals surface area contributed by atoms with E-state index in [1.807, 2.05) is 63.2 Å².